The van der Waals surface area contributed by atoms with Gasteiger partial charge < -0.3 is 14.8 Å². The van der Waals surface area contributed by atoms with Crippen molar-refractivity contribution < 1.29 is 4.79 Å². The molecule has 2 heterocycles. The summed E-state index contributed by atoms with van der Waals surface area (Å²) in [6.45, 7) is 8.87. The number of aryl methyl sites for hydroxylation is 1. The van der Waals surface area contributed by atoms with Crippen molar-refractivity contribution in [2.24, 2.45) is 5.92 Å². The number of nitrogens with one attached hydrogen (secondary N) is 1. The number of piperidine rings is 1. The van der Waals surface area contributed by atoms with Gasteiger partial charge in [0.05, 0.1) is 16.8 Å². The van der Waals surface area contributed by atoms with Crippen LogP contribution in [0.2, 0.25) is 0 Å². The Bertz CT molecular complexity index is 867. The molecular weight excluding hydrogens is 372 g/mol. The summed E-state index contributed by atoms with van der Waals surface area (Å²) < 4.78 is 1.71. The molecule has 3 rings (SSSR count). The molecular formula is C21H30N4O2S. The van der Waals surface area contributed by atoms with Crippen LogP contribution in [0.1, 0.15) is 33.1 Å². The lowest BCUT2D eigenvalue weighted by atomic mass is 10.0. The maximum absolute atomic E-state index is 12.6. The van der Waals surface area contributed by atoms with E-state index in [1.807, 2.05) is 31.2 Å². The molecule has 0 aliphatic carbocycles. The fourth-order valence-corrected chi connectivity index (χ4v) is 4.55. The Balaban J connectivity index is 1.48. The molecule has 1 N–H and O–H groups in total. The second-order valence-corrected chi connectivity index (χ2v) is 8.46. The summed E-state index contributed by atoms with van der Waals surface area (Å²) in [5.74, 6) is 0.946. The van der Waals surface area contributed by atoms with E-state index in [1.54, 1.807) is 4.57 Å². The average Bonchev–Trinajstić information content (AvgIpc) is 2.70. The van der Waals surface area contributed by atoms with Crippen LogP contribution < -0.4 is 10.9 Å². The molecule has 1 fully saturated rings. The van der Waals surface area contributed by atoms with Gasteiger partial charge in [-0.2, -0.15) is 0 Å². The summed E-state index contributed by atoms with van der Waals surface area (Å²) in [4.78, 5) is 31.7. The lowest BCUT2D eigenvalue weighted by Gasteiger charge is -2.30. The van der Waals surface area contributed by atoms with Gasteiger partial charge in [-0.05, 0) is 57.3 Å². The molecule has 1 amide bonds. The number of thioether (sulfide) groups is 1. The Morgan fingerprint density at radius 3 is 2.96 bits per heavy atom. The molecule has 0 unspecified atom stereocenters. The highest BCUT2D eigenvalue weighted by atomic mass is 32.2. The van der Waals surface area contributed by atoms with Crippen LogP contribution in [0.25, 0.3) is 11.0 Å². The largest absolute Gasteiger partial charge is 0.355 e. The topological polar surface area (TPSA) is 67.2 Å². The predicted molar refractivity (Wildman–Crippen MR) is 115 cm³/mol. The first-order valence-corrected chi connectivity index (χ1v) is 11.2. The van der Waals surface area contributed by atoms with Crippen molar-refractivity contribution in [1.82, 2.24) is 19.8 Å². The standard InChI is InChI=1S/C21H30N4O2S/c1-3-25-18-10-5-4-9-17(18)23-20(21(25)27)28-15-19(26)22-11-7-13-24-12-6-8-16(2)14-24/h4-5,9-10,16H,3,6-8,11-15H2,1-2H3,(H,22,26)/t16-/m1/s1. The molecule has 1 aliphatic rings. The Morgan fingerprint density at radius 1 is 1.36 bits per heavy atom. The number of likely N-dealkylation sites (tertiary alicyclic amines) is 1. The van der Waals surface area contributed by atoms with Crippen LogP contribution in [0.3, 0.4) is 0 Å². The van der Waals surface area contributed by atoms with Gasteiger partial charge in [-0.25, -0.2) is 4.98 Å². The van der Waals surface area contributed by atoms with Crippen LogP contribution in [0.4, 0.5) is 0 Å². The maximum Gasteiger partial charge on any atom is 0.283 e. The van der Waals surface area contributed by atoms with Crippen molar-refractivity contribution in [2.45, 2.75) is 44.7 Å². The van der Waals surface area contributed by atoms with Gasteiger partial charge in [0, 0.05) is 19.6 Å². The number of carbonyl (C=O) groups is 1. The Hall–Kier alpha value is -1.86. The third-order valence-electron chi connectivity index (χ3n) is 5.19. The number of hydrogen-bond donors (Lipinski definition) is 1. The average molecular weight is 403 g/mol. The molecule has 0 radical (unpaired) electrons. The van der Waals surface area contributed by atoms with Crippen LogP contribution in [-0.4, -0.2) is 52.3 Å². The summed E-state index contributed by atoms with van der Waals surface area (Å²) in [5, 5.41) is 3.35. The minimum absolute atomic E-state index is 0.0468. The quantitative estimate of drug-likeness (QED) is 0.543. The first-order valence-electron chi connectivity index (χ1n) is 10.2. The van der Waals surface area contributed by atoms with Crippen molar-refractivity contribution in [3.63, 3.8) is 0 Å². The highest BCUT2D eigenvalue weighted by Gasteiger charge is 2.16. The van der Waals surface area contributed by atoms with E-state index in [2.05, 4.69) is 22.1 Å². The number of benzene rings is 1. The number of para-hydroxylation sites is 2. The third-order valence-corrected chi connectivity index (χ3v) is 6.14. The molecule has 0 bridgehead atoms. The monoisotopic (exact) mass is 402 g/mol. The number of hydrogen-bond acceptors (Lipinski definition) is 5. The van der Waals surface area contributed by atoms with Crippen molar-refractivity contribution in [1.29, 1.82) is 0 Å². The summed E-state index contributed by atoms with van der Waals surface area (Å²) in [5.41, 5.74) is 1.48. The van der Waals surface area contributed by atoms with E-state index in [1.165, 1.54) is 37.7 Å². The summed E-state index contributed by atoms with van der Waals surface area (Å²) in [6, 6.07) is 7.61. The zero-order valence-corrected chi connectivity index (χ0v) is 17.6. The highest BCUT2D eigenvalue weighted by Crippen LogP contribution is 2.17. The fraction of sp³-hybridized carbons (Fsp3) is 0.571. The highest BCUT2D eigenvalue weighted by molar-refractivity contribution is 7.99. The van der Waals surface area contributed by atoms with E-state index in [-0.39, 0.29) is 17.2 Å². The molecule has 6 nitrogen and oxygen atoms in total. The third kappa shape index (κ3) is 5.35. The first kappa shape index (κ1) is 20.9. The molecule has 1 atom stereocenters. The van der Waals surface area contributed by atoms with Gasteiger partial charge in [0.1, 0.15) is 0 Å². The molecule has 152 valence electrons. The van der Waals surface area contributed by atoms with Crippen LogP contribution in [0.15, 0.2) is 34.1 Å². The zero-order chi connectivity index (χ0) is 19.9. The lowest BCUT2D eigenvalue weighted by molar-refractivity contribution is -0.118. The lowest BCUT2D eigenvalue weighted by Crippen LogP contribution is -2.36. The number of nitrogens with zero attached hydrogens (tertiary/aromatic N) is 3. The Kier molecular flexibility index (Phi) is 7.50. The summed E-state index contributed by atoms with van der Waals surface area (Å²) in [6.07, 6.45) is 3.56. The SMILES string of the molecule is CCn1c(=O)c(SCC(=O)NCCCN2CCC[C@@H](C)C2)nc2ccccc21. The van der Waals surface area contributed by atoms with E-state index >= 15 is 0 Å². The second-order valence-electron chi connectivity index (χ2n) is 7.50. The molecule has 1 aromatic heterocycles. The Morgan fingerprint density at radius 2 is 2.18 bits per heavy atom. The molecule has 1 aromatic carbocycles. The normalized spacial score (nSPS) is 17.7. The van der Waals surface area contributed by atoms with Crippen LogP contribution in [-0.2, 0) is 11.3 Å². The van der Waals surface area contributed by atoms with Gasteiger partial charge in [-0.1, -0.05) is 30.8 Å². The van der Waals surface area contributed by atoms with Gasteiger partial charge >= 0.3 is 0 Å². The van der Waals surface area contributed by atoms with E-state index in [9.17, 15) is 9.59 Å². The predicted octanol–water partition coefficient (Wildman–Crippen LogP) is 2.75. The number of rotatable bonds is 8. The number of amides is 1. The van der Waals surface area contributed by atoms with Gasteiger partial charge in [-0.3, -0.25) is 9.59 Å². The van der Waals surface area contributed by atoms with E-state index in [0.29, 0.717) is 18.1 Å². The van der Waals surface area contributed by atoms with Gasteiger partial charge in [0.15, 0.2) is 5.03 Å². The number of aromatic nitrogens is 2. The minimum Gasteiger partial charge on any atom is -0.355 e. The van der Waals surface area contributed by atoms with Crippen molar-refractivity contribution in [3.05, 3.63) is 34.6 Å². The van der Waals surface area contributed by atoms with Crippen molar-refractivity contribution in [2.75, 3.05) is 31.9 Å². The second kappa shape index (κ2) is 10.1. The van der Waals surface area contributed by atoms with Gasteiger partial charge in [-0.15, -0.1) is 0 Å². The van der Waals surface area contributed by atoms with E-state index in [0.717, 1.165) is 29.9 Å². The van der Waals surface area contributed by atoms with E-state index < -0.39 is 0 Å². The zero-order valence-electron chi connectivity index (χ0n) is 16.8. The smallest absolute Gasteiger partial charge is 0.283 e. The van der Waals surface area contributed by atoms with Crippen molar-refractivity contribution >= 4 is 28.7 Å². The molecule has 0 spiro atoms. The maximum atomic E-state index is 12.6. The van der Waals surface area contributed by atoms with Gasteiger partial charge in [0.2, 0.25) is 5.91 Å². The molecule has 1 saturated heterocycles. The summed E-state index contributed by atoms with van der Waals surface area (Å²) >= 11 is 1.22. The number of fused-ring (bicyclic) bond motifs is 1. The van der Waals surface area contributed by atoms with Crippen LogP contribution in [0, 0.1) is 5.92 Å². The molecule has 2 aromatic rings. The molecule has 7 heteroatoms. The molecule has 0 saturated carbocycles. The fourth-order valence-electron chi connectivity index (χ4n) is 3.78. The molecule has 1 aliphatic heterocycles. The van der Waals surface area contributed by atoms with Crippen molar-refractivity contribution in [3.8, 4) is 0 Å². The molecule has 28 heavy (non-hydrogen) atoms. The summed E-state index contributed by atoms with van der Waals surface area (Å²) in [7, 11) is 0. The minimum atomic E-state index is -0.127. The first-order chi connectivity index (χ1) is 13.6. The Labute approximate surface area is 170 Å². The van der Waals surface area contributed by atoms with Crippen LogP contribution in [0.5, 0.6) is 0 Å². The number of carbonyl (C=O) groups excluding carboxylic acids is 1. The van der Waals surface area contributed by atoms with Crippen LogP contribution >= 0.6 is 11.8 Å². The van der Waals surface area contributed by atoms with E-state index in [4.69, 9.17) is 0 Å². The van der Waals surface area contributed by atoms with Gasteiger partial charge in [0.25, 0.3) is 5.56 Å².